The molecule has 18 heavy (non-hydrogen) atoms. The molecule has 0 aliphatic heterocycles. The van der Waals surface area contributed by atoms with Gasteiger partial charge in [0, 0.05) is 11.1 Å². The fourth-order valence-corrected chi connectivity index (χ4v) is 3.29. The average Bonchev–Trinajstić information content (AvgIpc) is 2.90. The molecule has 1 heterocycles. The third-order valence-electron chi connectivity index (χ3n) is 4.52. The van der Waals surface area contributed by atoms with Crippen molar-refractivity contribution in [3.05, 3.63) is 41.6 Å². The molecule has 1 aliphatic carbocycles. The van der Waals surface area contributed by atoms with E-state index in [0.29, 0.717) is 17.3 Å². The van der Waals surface area contributed by atoms with Crippen molar-refractivity contribution in [2.24, 2.45) is 17.1 Å². The molecule has 2 N–H and O–H groups in total. The Kier molecular flexibility index (Phi) is 2.46. The topological polar surface area (TPSA) is 38.9 Å². The predicted molar refractivity (Wildman–Crippen MR) is 75.5 cm³/mol. The Bertz CT molecular complexity index is 601. The van der Waals surface area contributed by atoms with Crippen LogP contribution in [0.25, 0.3) is 10.9 Å². The van der Waals surface area contributed by atoms with Crippen molar-refractivity contribution < 1.29 is 0 Å². The van der Waals surface area contributed by atoms with Crippen molar-refractivity contribution in [1.29, 1.82) is 0 Å². The number of aryl methyl sites for hydroxylation is 1. The second kappa shape index (κ2) is 3.79. The molecule has 1 aromatic carbocycles. The maximum atomic E-state index is 5.86. The van der Waals surface area contributed by atoms with Crippen LogP contribution >= 0.6 is 0 Å². The highest BCUT2D eigenvalue weighted by atomic mass is 14.7. The van der Waals surface area contributed by atoms with Crippen LogP contribution in [0.5, 0.6) is 0 Å². The van der Waals surface area contributed by atoms with Gasteiger partial charge in [0.2, 0.25) is 0 Å². The molecule has 0 saturated heterocycles. The van der Waals surface area contributed by atoms with Gasteiger partial charge in [-0.3, -0.25) is 4.98 Å². The Labute approximate surface area is 108 Å². The number of aromatic nitrogens is 1. The molecule has 1 fully saturated rings. The summed E-state index contributed by atoms with van der Waals surface area (Å²) in [6.07, 6.45) is 0. The Hall–Kier alpha value is -1.41. The molecular formula is C16H20N2. The van der Waals surface area contributed by atoms with E-state index < -0.39 is 0 Å². The average molecular weight is 240 g/mol. The molecule has 1 aliphatic rings. The SMILES string of the molecule is Cc1ccc2cc([C@@H]3[C@@H](CN)C3(C)C)ccc2n1. The summed E-state index contributed by atoms with van der Waals surface area (Å²) in [5, 5.41) is 1.23. The molecule has 3 rings (SSSR count). The standard InChI is InChI=1S/C16H20N2/c1-10-4-5-11-8-12(6-7-14(11)18-10)15-13(9-17)16(15,2)3/h4-8,13,15H,9,17H2,1-3H3/t13-,15-/m1/s1. The second-order valence-electron chi connectivity index (χ2n) is 6.05. The number of benzene rings is 1. The zero-order valence-electron chi connectivity index (χ0n) is 11.3. The summed E-state index contributed by atoms with van der Waals surface area (Å²) in [6.45, 7) is 7.43. The first-order chi connectivity index (χ1) is 8.54. The van der Waals surface area contributed by atoms with Crippen molar-refractivity contribution in [2.75, 3.05) is 6.54 Å². The Morgan fingerprint density at radius 1 is 1.22 bits per heavy atom. The largest absolute Gasteiger partial charge is 0.330 e. The molecule has 2 atom stereocenters. The number of hydrogen-bond acceptors (Lipinski definition) is 2. The van der Waals surface area contributed by atoms with E-state index in [1.54, 1.807) is 0 Å². The van der Waals surface area contributed by atoms with Gasteiger partial charge in [0.1, 0.15) is 0 Å². The highest BCUT2D eigenvalue weighted by Crippen LogP contribution is 2.63. The number of rotatable bonds is 2. The van der Waals surface area contributed by atoms with E-state index in [-0.39, 0.29) is 0 Å². The maximum Gasteiger partial charge on any atom is 0.0705 e. The van der Waals surface area contributed by atoms with E-state index in [9.17, 15) is 0 Å². The molecule has 0 spiro atoms. The third-order valence-corrected chi connectivity index (χ3v) is 4.52. The molecule has 2 heteroatoms. The van der Waals surface area contributed by atoms with Crippen LogP contribution in [0.1, 0.15) is 31.0 Å². The van der Waals surface area contributed by atoms with Gasteiger partial charge in [-0.15, -0.1) is 0 Å². The molecule has 0 amide bonds. The summed E-state index contributed by atoms with van der Waals surface area (Å²) in [6, 6.07) is 10.9. The molecule has 1 saturated carbocycles. The molecular weight excluding hydrogens is 220 g/mol. The van der Waals surface area contributed by atoms with Crippen molar-refractivity contribution >= 4 is 10.9 Å². The Balaban J connectivity index is 2.03. The van der Waals surface area contributed by atoms with Crippen LogP contribution in [0.3, 0.4) is 0 Å². The van der Waals surface area contributed by atoms with Crippen LogP contribution in [0.2, 0.25) is 0 Å². The lowest BCUT2D eigenvalue weighted by molar-refractivity contribution is 0.558. The van der Waals surface area contributed by atoms with Crippen LogP contribution < -0.4 is 5.73 Å². The highest BCUT2D eigenvalue weighted by molar-refractivity contribution is 5.79. The molecule has 2 aromatic rings. The van der Waals surface area contributed by atoms with E-state index in [1.165, 1.54) is 10.9 Å². The summed E-state index contributed by atoms with van der Waals surface area (Å²) in [4.78, 5) is 4.55. The fraction of sp³-hybridized carbons (Fsp3) is 0.438. The zero-order chi connectivity index (χ0) is 12.9. The van der Waals surface area contributed by atoms with Gasteiger partial charge in [0.15, 0.2) is 0 Å². The van der Waals surface area contributed by atoms with Gasteiger partial charge >= 0.3 is 0 Å². The van der Waals surface area contributed by atoms with Gasteiger partial charge in [0.05, 0.1) is 5.52 Å². The van der Waals surface area contributed by atoms with Crippen LogP contribution in [0, 0.1) is 18.3 Å². The van der Waals surface area contributed by atoms with Crippen molar-refractivity contribution in [3.8, 4) is 0 Å². The minimum Gasteiger partial charge on any atom is -0.330 e. The van der Waals surface area contributed by atoms with E-state index in [0.717, 1.165) is 17.8 Å². The first kappa shape index (κ1) is 11.7. The smallest absolute Gasteiger partial charge is 0.0705 e. The van der Waals surface area contributed by atoms with Gasteiger partial charge in [-0.05, 0) is 54.5 Å². The Morgan fingerprint density at radius 3 is 2.67 bits per heavy atom. The molecule has 0 bridgehead atoms. The molecule has 94 valence electrons. The highest BCUT2D eigenvalue weighted by Gasteiger charge is 2.57. The predicted octanol–water partition coefficient (Wildman–Crippen LogP) is 3.24. The zero-order valence-corrected chi connectivity index (χ0v) is 11.3. The summed E-state index contributed by atoms with van der Waals surface area (Å²) in [5.41, 5.74) is 9.77. The second-order valence-corrected chi connectivity index (χ2v) is 6.05. The van der Waals surface area contributed by atoms with Crippen LogP contribution in [0.15, 0.2) is 30.3 Å². The van der Waals surface area contributed by atoms with Gasteiger partial charge in [-0.1, -0.05) is 26.0 Å². The lowest BCUT2D eigenvalue weighted by Gasteiger charge is -2.05. The lowest BCUT2D eigenvalue weighted by Crippen LogP contribution is -2.05. The van der Waals surface area contributed by atoms with Gasteiger partial charge in [-0.25, -0.2) is 0 Å². The number of fused-ring (bicyclic) bond motifs is 1. The van der Waals surface area contributed by atoms with Crippen molar-refractivity contribution in [2.45, 2.75) is 26.7 Å². The van der Waals surface area contributed by atoms with Crippen molar-refractivity contribution in [1.82, 2.24) is 4.98 Å². The van der Waals surface area contributed by atoms with Gasteiger partial charge in [-0.2, -0.15) is 0 Å². The minimum atomic E-state index is 0.348. The number of nitrogens with two attached hydrogens (primary N) is 1. The van der Waals surface area contributed by atoms with Crippen LogP contribution in [-0.2, 0) is 0 Å². The quantitative estimate of drug-likeness (QED) is 0.875. The summed E-state index contributed by atoms with van der Waals surface area (Å²) in [7, 11) is 0. The van der Waals surface area contributed by atoms with Crippen molar-refractivity contribution in [3.63, 3.8) is 0 Å². The van der Waals surface area contributed by atoms with Crippen LogP contribution in [-0.4, -0.2) is 11.5 Å². The number of pyridine rings is 1. The van der Waals surface area contributed by atoms with E-state index in [1.807, 2.05) is 6.92 Å². The molecule has 0 unspecified atom stereocenters. The summed E-state index contributed by atoms with van der Waals surface area (Å²) in [5.74, 6) is 1.22. The van der Waals surface area contributed by atoms with Crippen LogP contribution in [0.4, 0.5) is 0 Å². The summed E-state index contributed by atoms with van der Waals surface area (Å²) < 4.78 is 0. The first-order valence-electron chi connectivity index (χ1n) is 6.61. The van der Waals surface area contributed by atoms with E-state index >= 15 is 0 Å². The van der Waals surface area contributed by atoms with Gasteiger partial charge < -0.3 is 5.73 Å². The third kappa shape index (κ3) is 1.64. The summed E-state index contributed by atoms with van der Waals surface area (Å²) >= 11 is 0. The number of nitrogens with zero attached hydrogens (tertiary/aromatic N) is 1. The molecule has 2 nitrogen and oxygen atoms in total. The maximum absolute atomic E-state index is 5.86. The lowest BCUT2D eigenvalue weighted by atomic mass is 10.0. The normalized spacial score (nSPS) is 25.3. The monoisotopic (exact) mass is 240 g/mol. The molecule has 0 radical (unpaired) electrons. The van der Waals surface area contributed by atoms with E-state index in [4.69, 9.17) is 5.73 Å². The fourth-order valence-electron chi connectivity index (χ4n) is 3.29. The number of hydrogen-bond donors (Lipinski definition) is 1. The first-order valence-corrected chi connectivity index (χ1v) is 6.61. The van der Waals surface area contributed by atoms with E-state index in [2.05, 4.69) is 49.2 Å². The molecule has 1 aromatic heterocycles. The minimum absolute atomic E-state index is 0.348. The Morgan fingerprint density at radius 2 is 2.00 bits per heavy atom. The van der Waals surface area contributed by atoms with Gasteiger partial charge in [0.25, 0.3) is 0 Å².